The second kappa shape index (κ2) is 8.00. The summed E-state index contributed by atoms with van der Waals surface area (Å²) in [5.41, 5.74) is 0.348. The number of hydrogen-bond donors (Lipinski definition) is 2. The Morgan fingerprint density at radius 3 is 2.78 bits per heavy atom. The van der Waals surface area contributed by atoms with Gasteiger partial charge in [-0.05, 0) is 30.3 Å². The lowest BCUT2D eigenvalue weighted by Crippen LogP contribution is -2.31. The summed E-state index contributed by atoms with van der Waals surface area (Å²) in [6, 6.07) is 9.33. The zero-order valence-electron chi connectivity index (χ0n) is 12.5. The zero-order valence-corrected chi connectivity index (χ0v) is 12.5. The number of ether oxygens (including phenoxy) is 2. The van der Waals surface area contributed by atoms with Crippen molar-refractivity contribution in [2.24, 2.45) is 0 Å². The van der Waals surface area contributed by atoms with Crippen molar-refractivity contribution in [1.29, 1.82) is 0 Å². The monoisotopic (exact) mass is 319 g/mol. The van der Waals surface area contributed by atoms with Crippen LogP contribution in [0.5, 0.6) is 5.75 Å². The smallest absolute Gasteiger partial charge is 0.341 e. The summed E-state index contributed by atoms with van der Waals surface area (Å²) in [5.74, 6) is -0.540. The van der Waals surface area contributed by atoms with Crippen molar-refractivity contribution >= 4 is 11.9 Å². The number of carboxylic acid groups (broad SMARTS) is 1. The predicted molar refractivity (Wildman–Crippen MR) is 80.4 cm³/mol. The number of furan rings is 1. The minimum absolute atomic E-state index is 0.258. The number of carbonyl (C=O) groups is 2. The normalized spacial score (nSPS) is 11.7. The van der Waals surface area contributed by atoms with E-state index in [9.17, 15) is 9.59 Å². The van der Waals surface area contributed by atoms with Crippen LogP contribution in [-0.2, 0) is 9.53 Å². The molecule has 1 aromatic carbocycles. The molecule has 0 aliphatic carbocycles. The van der Waals surface area contributed by atoms with Crippen molar-refractivity contribution in [2.45, 2.75) is 6.04 Å². The number of carboxylic acids is 1. The fourth-order valence-electron chi connectivity index (χ4n) is 1.96. The number of nitrogens with one attached hydrogen (secondary N) is 1. The summed E-state index contributed by atoms with van der Waals surface area (Å²) in [4.78, 5) is 22.8. The number of rotatable bonds is 8. The van der Waals surface area contributed by atoms with E-state index >= 15 is 0 Å². The van der Waals surface area contributed by atoms with Gasteiger partial charge in [0.05, 0.1) is 12.9 Å². The summed E-state index contributed by atoms with van der Waals surface area (Å²) in [6.45, 7) is -0.210. The van der Waals surface area contributed by atoms with Crippen LogP contribution >= 0.6 is 0 Å². The van der Waals surface area contributed by atoms with E-state index in [2.05, 4.69) is 5.32 Å². The maximum atomic E-state index is 12.3. The van der Waals surface area contributed by atoms with Crippen LogP contribution in [0.25, 0.3) is 0 Å². The van der Waals surface area contributed by atoms with E-state index < -0.39 is 18.6 Å². The van der Waals surface area contributed by atoms with Gasteiger partial charge < -0.3 is 24.3 Å². The molecule has 0 spiro atoms. The highest BCUT2D eigenvalue weighted by molar-refractivity contribution is 5.94. The SMILES string of the molecule is COCC(NC(=O)c1cccc(OCC(=O)O)c1)c1ccco1. The van der Waals surface area contributed by atoms with E-state index in [0.717, 1.165) is 0 Å². The first-order chi connectivity index (χ1) is 11.1. The van der Waals surface area contributed by atoms with Crippen LogP contribution in [0.1, 0.15) is 22.2 Å². The maximum Gasteiger partial charge on any atom is 0.341 e. The molecule has 0 saturated carbocycles. The van der Waals surface area contributed by atoms with Gasteiger partial charge in [0.1, 0.15) is 17.6 Å². The Kier molecular flexibility index (Phi) is 5.76. The molecule has 0 aliphatic heterocycles. The first kappa shape index (κ1) is 16.6. The lowest BCUT2D eigenvalue weighted by Gasteiger charge is -2.16. The van der Waals surface area contributed by atoms with E-state index in [0.29, 0.717) is 17.1 Å². The molecule has 122 valence electrons. The Morgan fingerprint density at radius 1 is 1.30 bits per heavy atom. The molecule has 1 atom stereocenters. The van der Waals surface area contributed by atoms with Gasteiger partial charge >= 0.3 is 5.97 Å². The Bertz CT molecular complexity index is 652. The lowest BCUT2D eigenvalue weighted by atomic mass is 10.1. The Morgan fingerprint density at radius 2 is 2.13 bits per heavy atom. The maximum absolute atomic E-state index is 12.3. The van der Waals surface area contributed by atoms with Gasteiger partial charge in [0.2, 0.25) is 0 Å². The molecule has 0 fully saturated rings. The molecule has 2 aromatic rings. The van der Waals surface area contributed by atoms with Gasteiger partial charge in [-0.1, -0.05) is 6.07 Å². The van der Waals surface area contributed by atoms with E-state index in [1.165, 1.54) is 19.4 Å². The van der Waals surface area contributed by atoms with Crippen LogP contribution < -0.4 is 10.1 Å². The molecule has 2 N–H and O–H groups in total. The third kappa shape index (κ3) is 4.86. The van der Waals surface area contributed by atoms with Gasteiger partial charge in [0.15, 0.2) is 6.61 Å². The van der Waals surface area contributed by atoms with Crippen LogP contribution in [0.4, 0.5) is 0 Å². The predicted octanol–water partition coefficient (Wildman–Crippen LogP) is 1.86. The summed E-state index contributed by atoms with van der Waals surface area (Å²) in [7, 11) is 1.53. The molecule has 0 bridgehead atoms. The fourth-order valence-corrected chi connectivity index (χ4v) is 1.96. The average molecular weight is 319 g/mol. The molecule has 0 radical (unpaired) electrons. The van der Waals surface area contributed by atoms with Gasteiger partial charge in [-0.25, -0.2) is 4.79 Å². The highest BCUT2D eigenvalue weighted by Crippen LogP contribution is 2.17. The van der Waals surface area contributed by atoms with Crippen LogP contribution in [0.2, 0.25) is 0 Å². The summed E-state index contributed by atoms with van der Waals surface area (Å²) in [5, 5.41) is 11.4. The van der Waals surface area contributed by atoms with Gasteiger partial charge in [0.25, 0.3) is 5.91 Å². The highest BCUT2D eigenvalue weighted by atomic mass is 16.5. The minimum atomic E-state index is -1.09. The first-order valence-corrected chi connectivity index (χ1v) is 6.88. The average Bonchev–Trinajstić information content (AvgIpc) is 3.07. The molecule has 2 rings (SSSR count). The van der Waals surface area contributed by atoms with E-state index in [1.807, 2.05) is 0 Å². The van der Waals surface area contributed by atoms with Crippen LogP contribution in [-0.4, -0.2) is 37.3 Å². The second-order valence-corrected chi connectivity index (χ2v) is 4.71. The highest BCUT2D eigenvalue weighted by Gasteiger charge is 2.18. The lowest BCUT2D eigenvalue weighted by molar-refractivity contribution is -0.139. The molecule has 23 heavy (non-hydrogen) atoms. The van der Waals surface area contributed by atoms with E-state index in [1.54, 1.807) is 30.3 Å². The standard InChI is InChI=1S/C16H17NO6/c1-21-9-13(14-6-3-7-22-14)17-16(20)11-4-2-5-12(8-11)23-10-15(18)19/h2-8,13H,9-10H2,1H3,(H,17,20)(H,18,19). The van der Waals surface area contributed by atoms with E-state index in [4.69, 9.17) is 19.0 Å². The van der Waals surface area contributed by atoms with Crippen molar-refractivity contribution in [3.8, 4) is 5.75 Å². The number of hydrogen-bond acceptors (Lipinski definition) is 5. The van der Waals surface area contributed by atoms with Crippen molar-refractivity contribution < 1.29 is 28.6 Å². The number of aliphatic carboxylic acids is 1. The minimum Gasteiger partial charge on any atom is -0.482 e. The molecule has 0 saturated heterocycles. The second-order valence-electron chi connectivity index (χ2n) is 4.71. The van der Waals surface area contributed by atoms with Crippen molar-refractivity contribution in [2.75, 3.05) is 20.3 Å². The van der Waals surface area contributed by atoms with Crippen LogP contribution in [0, 0.1) is 0 Å². The molecule has 0 aliphatic rings. The fraction of sp³-hybridized carbons (Fsp3) is 0.250. The molecule has 7 nitrogen and oxygen atoms in total. The molecule has 1 aromatic heterocycles. The quantitative estimate of drug-likeness (QED) is 0.770. The summed E-state index contributed by atoms with van der Waals surface area (Å²) in [6.07, 6.45) is 1.52. The molecule has 1 unspecified atom stereocenters. The third-order valence-corrected chi connectivity index (χ3v) is 2.98. The molecule has 7 heteroatoms. The third-order valence-electron chi connectivity index (χ3n) is 2.98. The van der Waals surface area contributed by atoms with E-state index in [-0.39, 0.29) is 12.5 Å². The van der Waals surface area contributed by atoms with Gasteiger partial charge in [-0.2, -0.15) is 0 Å². The zero-order chi connectivity index (χ0) is 16.7. The Balaban J connectivity index is 2.06. The summed E-state index contributed by atoms with van der Waals surface area (Å²) < 4.78 is 15.4. The molecular formula is C16H17NO6. The largest absolute Gasteiger partial charge is 0.482 e. The number of amides is 1. The number of methoxy groups -OCH3 is 1. The number of benzene rings is 1. The summed E-state index contributed by atoms with van der Waals surface area (Å²) >= 11 is 0. The van der Waals surface area contributed by atoms with Crippen molar-refractivity contribution in [3.63, 3.8) is 0 Å². The van der Waals surface area contributed by atoms with Gasteiger partial charge in [0, 0.05) is 12.7 Å². The Labute approximate surface area is 132 Å². The topological polar surface area (TPSA) is 98.0 Å². The van der Waals surface area contributed by atoms with Gasteiger partial charge in [-0.15, -0.1) is 0 Å². The first-order valence-electron chi connectivity index (χ1n) is 6.88. The Hall–Kier alpha value is -2.80. The van der Waals surface area contributed by atoms with Crippen LogP contribution in [0.15, 0.2) is 47.1 Å². The molecular weight excluding hydrogens is 302 g/mol. The molecule has 1 amide bonds. The van der Waals surface area contributed by atoms with Gasteiger partial charge in [-0.3, -0.25) is 4.79 Å². The van der Waals surface area contributed by atoms with Crippen molar-refractivity contribution in [1.82, 2.24) is 5.32 Å². The van der Waals surface area contributed by atoms with Crippen molar-refractivity contribution in [3.05, 3.63) is 54.0 Å². The number of carbonyl (C=O) groups excluding carboxylic acids is 1. The van der Waals surface area contributed by atoms with Crippen LogP contribution in [0.3, 0.4) is 0 Å². The molecule has 1 heterocycles.